The minimum atomic E-state index is -0.341. The Morgan fingerprint density at radius 3 is 2.72 bits per heavy atom. The number of pyridine rings is 1. The summed E-state index contributed by atoms with van der Waals surface area (Å²) < 4.78 is 1.86. The van der Waals surface area contributed by atoms with Crippen molar-refractivity contribution in [1.29, 1.82) is 0 Å². The number of anilines is 1. The molecule has 0 aliphatic rings. The first-order valence-corrected chi connectivity index (χ1v) is 8.83. The molecule has 2 aromatic heterocycles. The highest BCUT2D eigenvalue weighted by atomic mass is 35.5. The maximum absolute atomic E-state index is 12.4. The summed E-state index contributed by atoms with van der Waals surface area (Å²) in [5, 5.41) is 12.2. The van der Waals surface area contributed by atoms with Gasteiger partial charge in [0.25, 0.3) is 0 Å². The van der Waals surface area contributed by atoms with E-state index in [1.807, 2.05) is 30.7 Å². The molecule has 6 nitrogen and oxygen atoms in total. The largest absolute Gasteiger partial charge is 0.325 e. The van der Waals surface area contributed by atoms with Gasteiger partial charge >= 0.3 is 0 Å². The molecule has 3 rings (SSSR count). The zero-order valence-electron chi connectivity index (χ0n) is 13.7. The number of hydrogen-bond donors (Lipinski definition) is 1. The zero-order chi connectivity index (χ0) is 17.8. The first-order chi connectivity index (χ1) is 12.0. The molecule has 0 radical (unpaired) electrons. The second kappa shape index (κ2) is 7.67. The van der Waals surface area contributed by atoms with Gasteiger partial charge < -0.3 is 9.88 Å². The zero-order valence-corrected chi connectivity index (χ0v) is 15.3. The van der Waals surface area contributed by atoms with E-state index in [0.717, 1.165) is 11.4 Å². The third-order valence-corrected chi connectivity index (χ3v) is 4.89. The van der Waals surface area contributed by atoms with Crippen LogP contribution < -0.4 is 5.32 Å². The highest BCUT2D eigenvalue weighted by molar-refractivity contribution is 8.00. The van der Waals surface area contributed by atoms with Crippen LogP contribution in [0.25, 0.3) is 11.4 Å². The SMILES string of the molecule is C[C@@H](Sc1nnc(-c2ccncc2)n1C)C(=O)Nc1cccc(Cl)c1. The second-order valence-electron chi connectivity index (χ2n) is 5.36. The van der Waals surface area contributed by atoms with E-state index < -0.39 is 0 Å². The topological polar surface area (TPSA) is 72.7 Å². The Balaban J connectivity index is 1.70. The highest BCUT2D eigenvalue weighted by Gasteiger charge is 2.19. The fraction of sp³-hybridized carbons (Fsp3) is 0.176. The minimum Gasteiger partial charge on any atom is -0.325 e. The van der Waals surface area contributed by atoms with Crippen molar-refractivity contribution in [3.63, 3.8) is 0 Å². The Hall–Kier alpha value is -2.38. The van der Waals surface area contributed by atoms with Crippen molar-refractivity contribution >= 4 is 35.0 Å². The van der Waals surface area contributed by atoms with Gasteiger partial charge in [-0.3, -0.25) is 9.78 Å². The number of nitrogens with zero attached hydrogens (tertiary/aromatic N) is 4. The minimum absolute atomic E-state index is 0.124. The first-order valence-electron chi connectivity index (χ1n) is 7.57. The maximum atomic E-state index is 12.4. The molecule has 1 amide bonds. The van der Waals surface area contributed by atoms with Crippen LogP contribution in [0.2, 0.25) is 5.02 Å². The highest BCUT2D eigenvalue weighted by Crippen LogP contribution is 2.26. The standard InChI is InChI=1S/C17H16ClN5OS/c1-11(16(24)20-14-5-3-4-13(18)10-14)25-17-22-21-15(23(17)2)12-6-8-19-9-7-12/h3-11H,1-2H3,(H,20,24)/t11-/m1/s1. The fourth-order valence-corrected chi connectivity index (χ4v) is 3.20. The van der Waals surface area contributed by atoms with Crippen LogP contribution in [-0.4, -0.2) is 30.9 Å². The lowest BCUT2D eigenvalue weighted by Gasteiger charge is -2.12. The smallest absolute Gasteiger partial charge is 0.237 e. The van der Waals surface area contributed by atoms with Crippen LogP contribution in [0.15, 0.2) is 53.9 Å². The predicted molar refractivity (Wildman–Crippen MR) is 99.6 cm³/mol. The Morgan fingerprint density at radius 2 is 2.00 bits per heavy atom. The average molecular weight is 374 g/mol. The van der Waals surface area contributed by atoms with Crippen LogP contribution in [0, 0.1) is 0 Å². The molecule has 128 valence electrons. The molecule has 2 heterocycles. The third kappa shape index (κ3) is 4.18. The van der Waals surface area contributed by atoms with Gasteiger partial charge in [0.2, 0.25) is 5.91 Å². The van der Waals surface area contributed by atoms with Gasteiger partial charge in [0.15, 0.2) is 11.0 Å². The van der Waals surface area contributed by atoms with Crippen molar-refractivity contribution in [3.05, 3.63) is 53.8 Å². The summed E-state index contributed by atoms with van der Waals surface area (Å²) in [6.45, 7) is 1.82. The lowest BCUT2D eigenvalue weighted by Crippen LogP contribution is -2.22. The molecule has 0 saturated heterocycles. The van der Waals surface area contributed by atoms with Gasteiger partial charge in [-0.1, -0.05) is 29.4 Å². The van der Waals surface area contributed by atoms with Crippen molar-refractivity contribution in [2.75, 3.05) is 5.32 Å². The molecule has 0 spiro atoms. The first kappa shape index (κ1) is 17.4. The van der Waals surface area contributed by atoms with E-state index in [1.165, 1.54) is 11.8 Å². The second-order valence-corrected chi connectivity index (χ2v) is 7.11. The van der Waals surface area contributed by atoms with Crippen LogP contribution >= 0.6 is 23.4 Å². The Bertz CT molecular complexity index is 884. The average Bonchev–Trinajstić information content (AvgIpc) is 2.96. The van der Waals surface area contributed by atoms with Crippen molar-refractivity contribution in [3.8, 4) is 11.4 Å². The molecule has 0 aliphatic heterocycles. The number of carbonyl (C=O) groups excluding carboxylic acids is 1. The Labute approximate surface area is 154 Å². The van der Waals surface area contributed by atoms with E-state index in [2.05, 4.69) is 20.5 Å². The number of halogens is 1. The summed E-state index contributed by atoms with van der Waals surface area (Å²) in [6.07, 6.45) is 3.41. The van der Waals surface area contributed by atoms with E-state index in [-0.39, 0.29) is 11.2 Å². The molecule has 1 aromatic carbocycles. The summed E-state index contributed by atoms with van der Waals surface area (Å²) >= 11 is 7.28. The van der Waals surface area contributed by atoms with Crippen LogP contribution in [0.5, 0.6) is 0 Å². The molecular weight excluding hydrogens is 358 g/mol. The van der Waals surface area contributed by atoms with E-state index in [4.69, 9.17) is 11.6 Å². The van der Waals surface area contributed by atoms with Gasteiger partial charge in [-0.2, -0.15) is 0 Å². The summed E-state index contributed by atoms with van der Waals surface area (Å²) in [7, 11) is 1.87. The molecule has 0 unspecified atom stereocenters. The summed E-state index contributed by atoms with van der Waals surface area (Å²) in [5.74, 6) is 0.605. The lowest BCUT2D eigenvalue weighted by molar-refractivity contribution is -0.115. The lowest BCUT2D eigenvalue weighted by atomic mass is 10.2. The number of rotatable bonds is 5. The summed E-state index contributed by atoms with van der Waals surface area (Å²) in [5.41, 5.74) is 1.59. The number of amides is 1. The number of hydrogen-bond acceptors (Lipinski definition) is 5. The number of carbonyl (C=O) groups is 1. The summed E-state index contributed by atoms with van der Waals surface area (Å²) in [6, 6.07) is 10.8. The van der Waals surface area contributed by atoms with Crippen LogP contribution in [0.3, 0.4) is 0 Å². The molecule has 0 aliphatic carbocycles. The molecule has 1 atom stereocenters. The predicted octanol–water partition coefficient (Wildman–Crippen LogP) is 3.65. The Morgan fingerprint density at radius 1 is 1.24 bits per heavy atom. The van der Waals surface area contributed by atoms with Crippen LogP contribution in [0.1, 0.15) is 6.92 Å². The van der Waals surface area contributed by atoms with Gasteiger partial charge in [0.05, 0.1) is 5.25 Å². The molecular formula is C17H16ClN5OS. The molecule has 0 fully saturated rings. The number of aromatic nitrogens is 4. The van der Waals surface area contributed by atoms with Gasteiger partial charge in [-0.15, -0.1) is 10.2 Å². The number of thioether (sulfide) groups is 1. The van der Waals surface area contributed by atoms with Crippen molar-refractivity contribution in [2.45, 2.75) is 17.3 Å². The fourth-order valence-electron chi connectivity index (χ4n) is 2.19. The molecule has 1 N–H and O–H groups in total. The molecule has 0 saturated carbocycles. The van der Waals surface area contributed by atoms with E-state index in [9.17, 15) is 4.79 Å². The Kier molecular flexibility index (Phi) is 5.35. The van der Waals surface area contributed by atoms with Crippen LogP contribution in [-0.2, 0) is 11.8 Å². The normalized spacial score (nSPS) is 12.0. The molecule has 25 heavy (non-hydrogen) atoms. The van der Waals surface area contributed by atoms with E-state index >= 15 is 0 Å². The van der Waals surface area contributed by atoms with Gasteiger partial charge in [0.1, 0.15) is 0 Å². The number of benzene rings is 1. The third-order valence-electron chi connectivity index (χ3n) is 3.52. The van der Waals surface area contributed by atoms with Gasteiger partial charge in [-0.05, 0) is 37.3 Å². The molecule has 0 bridgehead atoms. The number of nitrogens with one attached hydrogen (secondary N) is 1. The van der Waals surface area contributed by atoms with E-state index in [0.29, 0.717) is 15.9 Å². The monoisotopic (exact) mass is 373 g/mol. The molecule has 3 aromatic rings. The molecule has 8 heteroatoms. The van der Waals surface area contributed by atoms with E-state index in [1.54, 1.807) is 36.7 Å². The van der Waals surface area contributed by atoms with Gasteiger partial charge in [-0.25, -0.2) is 0 Å². The van der Waals surface area contributed by atoms with Crippen LogP contribution in [0.4, 0.5) is 5.69 Å². The van der Waals surface area contributed by atoms with Crippen molar-refractivity contribution in [1.82, 2.24) is 19.7 Å². The maximum Gasteiger partial charge on any atom is 0.237 e. The summed E-state index contributed by atoms with van der Waals surface area (Å²) in [4.78, 5) is 16.4. The van der Waals surface area contributed by atoms with Gasteiger partial charge in [0, 0.05) is 35.7 Å². The van der Waals surface area contributed by atoms with Crippen molar-refractivity contribution < 1.29 is 4.79 Å². The quantitative estimate of drug-likeness (QED) is 0.691. The van der Waals surface area contributed by atoms with Crippen molar-refractivity contribution in [2.24, 2.45) is 7.05 Å².